The van der Waals surface area contributed by atoms with Gasteiger partial charge in [-0.2, -0.15) is 0 Å². The van der Waals surface area contributed by atoms with E-state index in [2.05, 4.69) is 25.5 Å². The van der Waals surface area contributed by atoms with Crippen LogP contribution in [0.2, 0.25) is 5.02 Å². The summed E-state index contributed by atoms with van der Waals surface area (Å²) in [6, 6.07) is 9.66. The molecule has 6 nitrogen and oxygen atoms in total. The molecule has 0 amide bonds. The first kappa shape index (κ1) is 23.6. The van der Waals surface area contributed by atoms with Gasteiger partial charge in [0.25, 0.3) is 0 Å². The lowest BCUT2D eigenvalue weighted by Crippen LogP contribution is -2.44. The Morgan fingerprint density at radius 2 is 2.14 bits per heavy atom. The van der Waals surface area contributed by atoms with Gasteiger partial charge in [0, 0.05) is 31.9 Å². The van der Waals surface area contributed by atoms with E-state index < -0.39 is 6.10 Å². The van der Waals surface area contributed by atoms with Crippen LogP contribution in [0.3, 0.4) is 0 Å². The highest BCUT2D eigenvalue weighted by Crippen LogP contribution is 2.25. The monoisotopic (exact) mass is 533 g/mol. The van der Waals surface area contributed by atoms with E-state index in [1.165, 1.54) is 12.1 Å². The lowest BCUT2D eigenvalue weighted by molar-refractivity contribution is 0.187. The normalized spacial score (nSPS) is 17.6. The highest BCUT2D eigenvalue weighted by Gasteiger charge is 2.25. The summed E-state index contributed by atoms with van der Waals surface area (Å²) < 4.78 is 13.0. The zero-order chi connectivity index (χ0) is 19.9. The fourth-order valence-corrected chi connectivity index (χ4v) is 3.40. The van der Waals surface area contributed by atoms with Gasteiger partial charge in [0.05, 0.1) is 17.7 Å². The Hall–Kier alpha value is -1.65. The molecule has 0 saturated carbocycles. The van der Waals surface area contributed by atoms with E-state index >= 15 is 0 Å². The van der Waals surface area contributed by atoms with Gasteiger partial charge in [-0.05, 0) is 43.2 Å². The Morgan fingerprint density at radius 3 is 2.83 bits per heavy atom. The molecular formula is C20H26ClFIN5O. The first-order valence-electron chi connectivity index (χ1n) is 9.40. The molecule has 3 rings (SSSR count). The van der Waals surface area contributed by atoms with Gasteiger partial charge in [-0.15, -0.1) is 24.0 Å². The third-order valence-electron chi connectivity index (χ3n) is 4.59. The van der Waals surface area contributed by atoms with Crippen LogP contribution in [0, 0.1) is 5.82 Å². The van der Waals surface area contributed by atoms with Crippen molar-refractivity contribution in [1.29, 1.82) is 0 Å². The minimum absolute atomic E-state index is 0. The number of aliphatic hydroxyl groups is 1. The van der Waals surface area contributed by atoms with E-state index in [4.69, 9.17) is 11.6 Å². The topological polar surface area (TPSA) is 72.8 Å². The Bertz CT molecular complexity index is 808. The Labute approximate surface area is 192 Å². The van der Waals surface area contributed by atoms with Gasteiger partial charge in [0.1, 0.15) is 11.6 Å². The highest BCUT2D eigenvalue weighted by molar-refractivity contribution is 14.0. The summed E-state index contributed by atoms with van der Waals surface area (Å²) in [4.78, 5) is 11.0. The average molecular weight is 534 g/mol. The first-order valence-corrected chi connectivity index (χ1v) is 9.78. The molecule has 29 heavy (non-hydrogen) atoms. The van der Waals surface area contributed by atoms with Gasteiger partial charge in [-0.25, -0.2) is 9.37 Å². The zero-order valence-corrected chi connectivity index (χ0v) is 19.3. The largest absolute Gasteiger partial charge is 0.386 e. The van der Waals surface area contributed by atoms with Gasteiger partial charge in [-0.1, -0.05) is 23.7 Å². The highest BCUT2D eigenvalue weighted by atomic mass is 127. The number of aromatic nitrogens is 1. The predicted molar refractivity (Wildman–Crippen MR) is 126 cm³/mol. The second-order valence-electron chi connectivity index (χ2n) is 6.67. The van der Waals surface area contributed by atoms with E-state index in [-0.39, 0.29) is 42.4 Å². The van der Waals surface area contributed by atoms with Crippen LogP contribution >= 0.6 is 35.6 Å². The Balaban J connectivity index is 0.00000300. The molecule has 3 N–H and O–H groups in total. The van der Waals surface area contributed by atoms with Crippen molar-refractivity contribution in [2.75, 3.05) is 31.1 Å². The van der Waals surface area contributed by atoms with Gasteiger partial charge < -0.3 is 20.6 Å². The summed E-state index contributed by atoms with van der Waals surface area (Å²) in [7, 11) is 0. The number of guanidine groups is 1. The van der Waals surface area contributed by atoms with Gasteiger partial charge in [-0.3, -0.25) is 4.99 Å². The molecule has 2 heterocycles. The molecule has 1 aromatic carbocycles. The molecule has 0 radical (unpaired) electrons. The van der Waals surface area contributed by atoms with Gasteiger partial charge in [0.2, 0.25) is 0 Å². The summed E-state index contributed by atoms with van der Waals surface area (Å²) in [5.74, 6) is 1.11. The van der Waals surface area contributed by atoms with Crippen molar-refractivity contribution in [2.45, 2.75) is 25.5 Å². The summed E-state index contributed by atoms with van der Waals surface area (Å²) in [5.41, 5.74) is 0.637. The van der Waals surface area contributed by atoms with Crippen molar-refractivity contribution in [1.82, 2.24) is 15.6 Å². The van der Waals surface area contributed by atoms with E-state index in [0.29, 0.717) is 23.1 Å². The van der Waals surface area contributed by atoms with E-state index in [9.17, 15) is 9.50 Å². The van der Waals surface area contributed by atoms with Crippen LogP contribution in [-0.4, -0.2) is 48.3 Å². The third-order valence-corrected chi connectivity index (χ3v) is 4.88. The molecule has 1 aliphatic rings. The fourth-order valence-electron chi connectivity index (χ4n) is 3.16. The number of aliphatic imine (C=N–C) groups is 1. The Kier molecular flexibility index (Phi) is 9.38. The number of hydrogen-bond acceptors (Lipinski definition) is 4. The lowest BCUT2D eigenvalue weighted by atomic mass is 10.1. The van der Waals surface area contributed by atoms with Crippen LogP contribution in [-0.2, 0) is 0 Å². The van der Waals surface area contributed by atoms with Crippen LogP contribution in [0.4, 0.5) is 10.2 Å². The number of hydrogen-bond donors (Lipinski definition) is 3. The van der Waals surface area contributed by atoms with Crippen molar-refractivity contribution in [3.05, 3.63) is 59.0 Å². The number of benzene rings is 1. The lowest BCUT2D eigenvalue weighted by Gasteiger charge is -2.20. The standard InChI is InChI=1S/C20H25ClFN5O.HI/c1-2-23-20(25-12-18(28)14-5-7-15(22)8-6-14)26-16-9-11-27(13-16)19-17(21)4-3-10-24-19;/h3-8,10,16,18,28H,2,9,11-13H2,1H3,(H2,23,25,26);1H. The number of nitrogens with zero attached hydrogens (tertiary/aromatic N) is 3. The number of rotatable bonds is 6. The minimum atomic E-state index is -0.788. The predicted octanol–water partition coefficient (Wildman–Crippen LogP) is 3.36. The molecule has 0 aliphatic carbocycles. The van der Waals surface area contributed by atoms with E-state index in [1.807, 2.05) is 19.1 Å². The number of pyridine rings is 1. The summed E-state index contributed by atoms with van der Waals surface area (Å²) in [6.07, 6.45) is 1.88. The Morgan fingerprint density at radius 1 is 1.38 bits per heavy atom. The number of anilines is 1. The maximum Gasteiger partial charge on any atom is 0.191 e. The molecule has 0 spiro atoms. The van der Waals surface area contributed by atoms with Gasteiger partial charge >= 0.3 is 0 Å². The van der Waals surface area contributed by atoms with Crippen molar-refractivity contribution in [3.8, 4) is 0 Å². The van der Waals surface area contributed by atoms with Crippen LogP contribution in [0.15, 0.2) is 47.6 Å². The molecule has 9 heteroatoms. The molecule has 2 unspecified atom stereocenters. The van der Waals surface area contributed by atoms with E-state index in [1.54, 1.807) is 18.3 Å². The van der Waals surface area contributed by atoms with E-state index in [0.717, 1.165) is 25.3 Å². The first-order chi connectivity index (χ1) is 13.6. The molecule has 2 atom stereocenters. The summed E-state index contributed by atoms with van der Waals surface area (Å²) in [6.45, 7) is 4.50. The molecule has 1 aliphatic heterocycles. The maximum atomic E-state index is 13.0. The summed E-state index contributed by atoms with van der Waals surface area (Å²) >= 11 is 6.25. The van der Waals surface area contributed by atoms with Crippen LogP contribution in [0.1, 0.15) is 25.0 Å². The molecule has 1 aromatic heterocycles. The second-order valence-corrected chi connectivity index (χ2v) is 7.08. The molecular weight excluding hydrogens is 508 g/mol. The molecule has 158 valence electrons. The van der Waals surface area contributed by atoms with Gasteiger partial charge in [0.15, 0.2) is 5.96 Å². The maximum absolute atomic E-state index is 13.0. The van der Waals surface area contributed by atoms with Crippen molar-refractivity contribution < 1.29 is 9.50 Å². The molecule has 2 aromatic rings. The fraction of sp³-hybridized carbons (Fsp3) is 0.400. The van der Waals surface area contributed by atoms with Crippen LogP contribution in [0.5, 0.6) is 0 Å². The number of aliphatic hydroxyl groups excluding tert-OH is 1. The zero-order valence-electron chi connectivity index (χ0n) is 16.2. The number of halogens is 3. The van der Waals surface area contributed by atoms with Crippen molar-refractivity contribution in [3.63, 3.8) is 0 Å². The minimum Gasteiger partial charge on any atom is -0.386 e. The molecule has 0 bridgehead atoms. The van der Waals surface area contributed by atoms with Crippen LogP contribution in [0.25, 0.3) is 0 Å². The molecule has 1 fully saturated rings. The van der Waals surface area contributed by atoms with Crippen molar-refractivity contribution >= 4 is 47.4 Å². The average Bonchev–Trinajstić information content (AvgIpc) is 3.15. The third kappa shape index (κ3) is 6.68. The number of nitrogens with one attached hydrogen (secondary N) is 2. The summed E-state index contributed by atoms with van der Waals surface area (Å²) in [5, 5.41) is 17.5. The molecule has 1 saturated heterocycles. The SMILES string of the molecule is CCNC(=NCC(O)c1ccc(F)cc1)NC1CCN(c2ncccc2Cl)C1.I. The quantitative estimate of drug-likeness (QED) is 0.302. The second kappa shape index (κ2) is 11.5. The van der Waals surface area contributed by atoms with Crippen molar-refractivity contribution in [2.24, 2.45) is 4.99 Å². The smallest absolute Gasteiger partial charge is 0.191 e. The van der Waals surface area contributed by atoms with Crippen LogP contribution < -0.4 is 15.5 Å².